The van der Waals surface area contributed by atoms with Crippen molar-refractivity contribution in [3.63, 3.8) is 0 Å². The fraction of sp³-hybridized carbons (Fsp3) is 0.538. The van der Waals surface area contributed by atoms with Gasteiger partial charge in [-0.3, -0.25) is 5.73 Å². The van der Waals surface area contributed by atoms with Crippen LogP contribution in [-0.4, -0.2) is 37.9 Å². The molecule has 9 heteroatoms. The Morgan fingerprint density at radius 2 is 1.95 bits per heavy atom. The smallest absolute Gasteiger partial charge is 0.243 e. The van der Waals surface area contributed by atoms with Crippen molar-refractivity contribution in [3.8, 4) is 0 Å². The van der Waals surface area contributed by atoms with Gasteiger partial charge >= 0.3 is 0 Å². The molecule has 3 rings (SSSR count). The largest absolute Gasteiger partial charge is 0.328 e. The normalized spacial score (nSPS) is 30.5. The second-order valence-corrected chi connectivity index (χ2v) is 7.29. The minimum atomic E-state index is -3.70. The number of nitrogens with zero attached hydrogens (tertiary/aromatic N) is 1. The first-order chi connectivity index (χ1) is 10.5. The lowest BCUT2D eigenvalue weighted by Crippen LogP contribution is -2.53. The number of benzene rings is 1. The fourth-order valence-electron chi connectivity index (χ4n) is 2.85. The highest BCUT2D eigenvalue weighted by Gasteiger charge is 2.40. The summed E-state index contributed by atoms with van der Waals surface area (Å²) >= 11 is 0. The first-order valence-corrected chi connectivity index (χ1v) is 8.62. The highest BCUT2D eigenvalue weighted by molar-refractivity contribution is 7.89. The molecule has 0 amide bonds. The van der Waals surface area contributed by atoms with Gasteiger partial charge in [0.05, 0.1) is 10.9 Å². The van der Waals surface area contributed by atoms with Crippen molar-refractivity contribution in [1.82, 2.24) is 15.2 Å². The summed E-state index contributed by atoms with van der Waals surface area (Å²) in [6.07, 6.45) is 1.19. The number of nitrogens with two attached hydrogens (primary N) is 1. The molecule has 4 N–H and O–H groups in total. The lowest BCUT2D eigenvalue weighted by atomic mass is 10.0. The monoisotopic (exact) mass is 330 g/mol. The maximum Gasteiger partial charge on any atom is 0.243 e. The molecule has 3 atom stereocenters. The Balaban J connectivity index is 1.87. The molecule has 0 aliphatic carbocycles. The van der Waals surface area contributed by atoms with Gasteiger partial charge in [-0.25, -0.2) is 23.7 Å². The lowest BCUT2D eigenvalue weighted by Gasteiger charge is -2.37. The molecule has 1 aromatic rings. The molecule has 2 aliphatic heterocycles. The number of hydrazine groups is 1. The van der Waals surface area contributed by atoms with E-state index in [0.29, 0.717) is 13.0 Å². The van der Waals surface area contributed by atoms with E-state index in [-0.39, 0.29) is 10.9 Å². The Kier molecular flexibility index (Phi) is 4.44. The van der Waals surface area contributed by atoms with Crippen LogP contribution in [0.15, 0.2) is 29.2 Å². The van der Waals surface area contributed by atoms with Crippen LogP contribution in [0.5, 0.6) is 0 Å². The number of sulfonamides is 1. The van der Waals surface area contributed by atoms with Gasteiger partial charge in [0, 0.05) is 6.54 Å². The molecule has 2 heterocycles. The Bertz CT molecular complexity index is 625. The van der Waals surface area contributed by atoms with Gasteiger partial charge in [-0.1, -0.05) is 6.42 Å². The standard InChI is InChI=1S/C13H19FN4O3S/c14-9-4-6-10(7-5-9)22(19,20)18-8-2-1-3-11(18)12-16-17-13(15)21-12/h4-7,11-13,16-17H,1-3,8,15H2/t11-,12?,13?/m0/s1. The number of nitrogens with one attached hydrogen (secondary N) is 2. The molecule has 122 valence electrons. The van der Waals surface area contributed by atoms with E-state index >= 15 is 0 Å². The Morgan fingerprint density at radius 3 is 2.59 bits per heavy atom. The van der Waals surface area contributed by atoms with Crippen LogP contribution in [0.25, 0.3) is 0 Å². The van der Waals surface area contributed by atoms with Gasteiger partial charge in [0.1, 0.15) is 12.0 Å². The lowest BCUT2D eigenvalue weighted by molar-refractivity contribution is -0.00934. The van der Waals surface area contributed by atoms with Crippen LogP contribution in [0.3, 0.4) is 0 Å². The van der Waals surface area contributed by atoms with Crippen molar-refractivity contribution >= 4 is 10.0 Å². The predicted molar refractivity (Wildman–Crippen MR) is 77.1 cm³/mol. The molecule has 0 bridgehead atoms. The summed E-state index contributed by atoms with van der Waals surface area (Å²) in [5, 5.41) is 0. The zero-order valence-electron chi connectivity index (χ0n) is 11.9. The van der Waals surface area contributed by atoms with E-state index in [0.717, 1.165) is 25.0 Å². The minimum absolute atomic E-state index is 0.0797. The first kappa shape index (κ1) is 15.8. The summed E-state index contributed by atoms with van der Waals surface area (Å²) < 4.78 is 45.5. The maximum absolute atomic E-state index is 13.0. The van der Waals surface area contributed by atoms with Gasteiger partial charge in [0.15, 0.2) is 6.35 Å². The van der Waals surface area contributed by atoms with Gasteiger partial charge in [-0.15, -0.1) is 0 Å². The zero-order chi connectivity index (χ0) is 15.7. The summed E-state index contributed by atoms with van der Waals surface area (Å²) in [5.74, 6) is -0.467. The van der Waals surface area contributed by atoms with Gasteiger partial charge in [0.2, 0.25) is 10.0 Å². The maximum atomic E-state index is 13.0. The van der Waals surface area contributed by atoms with Crippen LogP contribution in [0.1, 0.15) is 19.3 Å². The van der Waals surface area contributed by atoms with Crippen molar-refractivity contribution in [1.29, 1.82) is 0 Å². The van der Waals surface area contributed by atoms with Crippen molar-refractivity contribution < 1.29 is 17.5 Å². The van der Waals surface area contributed by atoms with E-state index in [1.807, 2.05) is 0 Å². The third-order valence-electron chi connectivity index (χ3n) is 3.93. The van der Waals surface area contributed by atoms with E-state index < -0.39 is 28.4 Å². The summed E-state index contributed by atoms with van der Waals surface area (Å²) in [6, 6.07) is 4.50. The van der Waals surface area contributed by atoms with E-state index in [2.05, 4.69) is 10.9 Å². The molecule has 2 fully saturated rings. The van der Waals surface area contributed by atoms with Crippen LogP contribution < -0.4 is 16.6 Å². The fourth-order valence-corrected chi connectivity index (χ4v) is 4.54. The van der Waals surface area contributed by atoms with Crippen molar-refractivity contribution in [2.24, 2.45) is 5.73 Å². The average molecular weight is 330 g/mol. The number of rotatable bonds is 3. The molecule has 0 radical (unpaired) electrons. The third kappa shape index (κ3) is 3.00. The van der Waals surface area contributed by atoms with E-state index in [1.54, 1.807) is 0 Å². The molecule has 0 spiro atoms. The van der Waals surface area contributed by atoms with E-state index in [1.165, 1.54) is 16.4 Å². The Morgan fingerprint density at radius 1 is 1.23 bits per heavy atom. The predicted octanol–water partition coefficient (Wildman–Crippen LogP) is 0.0617. The van der Waals surface area contributed by atoms with Crippen molar-refractivity contribution in [3.05, 3.63) is 30.1 Å². The summed E-state index contributed by atoms with van der Waals surface area (Å²) in [7, 11) is -3.70. The second kappa shape index (κ2) is 6.19. The third-order valence-corrected chi connectivity index (χ3v) is 5.87. The number of hydrogen-bond donors (Lipinski definition) is 3. The number of hydrogen-bond acceptors (Lipinski definition) is 6. The molecule has 2 aliphatic rings. The number of halogens is 1. The van der Waals surface area contributed by atoms with E-state index in [4.69, 9.17) is 10.5 Å². The van der Waals surface area contributed by atoms with Crippen LogP contribution in [0.4, 0.5) is 4.39 Å². The van der Waals surface area contributed by atoms with Gasteiger partial charge in [-0.05, 0) is 37.1 Å². The summed E-state index contributed by atoms with van der Waals surface area (Å²) in [6.45, 7) is 0.404. The molecule has 22 heavy (non-hydrogen) atoms. The number of ether oxygens (including phenoxy) is 1. The molecule has 2 saturated heterocycles. The van der Waals surface area contributed by atoms with Crippen LogP contribution in [0, 0.1) is 5.82 Å². The number of piperidine rings is 1. The van der Waals surface area contributed by atoms with Crippen molar-refractivity contribution in [2.45, 2.75) is 42.8 Å². The zero-order valence-corrected chi connectivity index (χ0v) is 12.7. The van der Waals surface area contributed by atoms with Crippen LogP contribution >= 0.6 is 0 Å². The molecule has 1 aromatic carbocycles. The molecule has 2 unspecified atom stereocenters. The second-order valence-electron chi connectivity index (χ2n) is 5.40. The van der Waals surface area contributed by atoms with Crippen LogP contribution in [-0.2, 0) is 14.8 Å². The first-order valence-electron chi connectivity index (χ1n) is 7.18. The highest BCUT2D eigenvalue weighted by Crippen LogP contribution is 2.28. The summed E-state index contributed by atoms with van der Waals surface area (Å²) in [4.78, 5) is 0.0797. The van der Waals surface area contributed by atoms with Gasteiger partial charge in [-0.2, -0.15) is 4.31 Å². The summed E-state index contributed by atoms with van der Waals surface area (Å²) in [5.41, 5.74) is 11.2. The Labute approximate surface area is 128 Å². The molecule has 0 saturated carbocycles. The van der Waals surface area contributed by atoms with Crippen LogP contribution in [0.2, 0.25) is 0 Å². The SMILES string of the molecule is NC1NNC([C@@H]2CCCCN2S(=O)(=O)c2ccc(F)cc2)O1. The molecular formula is C13H19FN4O3S. The van der Waals surface area contributed by atoms with Crippen molar-refractivity contribution in [2.75, 3.05) is 6.54 Å². The highest BCUT2D eigenvalue weighted by atomic mass is 32.2. The molecule has 0 aromatic heterocycles. The molecular weight excluding hydrogens is 311 g/mol. The minimum Gasteiger partial charge on any atom is -0.328 e. The molecule has 7 nitrogen and oxygen atoms in total. The Hall–Kier alpha value is -1.10. The topological polar surface area (TPSA) is 96.7 Å². The average Bonchev–Trinajstić information content (AvgIpc) is 2.94. The quantitative estimate of drug-likeness (QED) is 0.725. The van der Waals surface area contributed by atoms with Gasteiger partial charge < -0.3 is 4.74 Å². The van der Waals surface area contributed by atoms with E-state index in [9.17, 15) is 12.8 Å². The van der Waals surface area contributed by atoms with Gasteiger partial charge in [0.25, 0.3) is 0 Å².